The Hall–Kier alpha value is -2.31. The van der Waals surface area contributed by atoms with Crippen molar-refractivity contribution in [2.75, 3.05) is 25.2 Å². The van der Waals surface area contributed by atoms with Crippen molar-refractivity contribution in [3.8, 4) is 5.75 Å². The van der Waals surface area contributed by atoms with Gasteiger partial charge in [-0.25, -0.2) is 0 Å². The molecule has 0 N–H and O–H groups in total. The molecule has 0 saturated carbocycles. The van der Waals surface area contributed by atoms with E-state index >= 15 is 0 Å². The van der Waals surface area contributed by atoms with E-state index in [1.807, 2.05) is 18.3 Å². The Morgan fingerprint density at radius 1 is 1.10 bits per heavy atom. The maximum atomic E-state index is 6.31. The van der Waals surface area contributed by atoms with Crippen LogP contribution in [-0.4, -0.2) is 39.2 Å². The Labute approximate surface area is 173 Å². The molecule has 0 spiro atoms. The molecule has 2 aromatic carbocycles. The van der Waals surface area contributed by atoms with E-state index in [1.165, 1.54) is 5.56 Å². The predicted octanol–water partition coefficient (Wildman–Crippen LogP) is 3.96. The fourth-order valence-corrected chi connectivity index (χ4v) is 3.58. The van der Waals surface area contributed by atoms with Gasteiger partial charge < -0.3 is 18.9 Å². The number of methoxy groups -OCH3 is 1. The van der Waals surface area contributed by atoms with E-state index in [-0.39, 0.29) is 18.1 Å². The van der Waals surface area contributed by atoms with Gasteiger partial charge in [0.1, 0.15) is 5.75 Å². The molecule has 6 heteroatoms. The molecule has 1 fully saturated rings. The van der Waals surface area contributed by atoms with Crippen LogP contribution in [0.5, 0.6) is 5.75 Å². The lowest BCUT2D eigenvalue weighted by Crippen LogP contribution is -2.58. The minimum absolute atomic E-state index is 0.0367. The molecule has 0 unspecified atom stereocenters. The smallest absolute Gasteiger partial charge is 0.494 e. The minimum atomic E-state index is -0.365. The fraction of sp³-hybridized carbons (Fsp3) is 0.435. The van der Waals surface area contributed by atoms with Crippen molar-refractivity contribution in [2.24, 2.45) is 10.4 Å². The van der Waals surface area contributed by atoms with Crippen LogP contribution in [0, 0.1) is 5.41 Å². The summed E-state index contributed by atoms with van der Waals surface area (Å²) in [6, 6.07) is 14.5. The van der Waals surface area contributed by atoms with Gasteiger partial charge in [-0.3, -0.25) is 4.99 Å². The number of benzene rings is 2. The monoisotopic (exact) mass is 392 g/mol. The Morgan fingerprint density at radius 3 is 2.55 bits per heavy atom. The van der Waals surface area contributed by atoms with Crippen molar-refractivity contribution in [3.05, 3.63) is 48.0 Å². The van der Waals surface area contributed by atoms with Gasteiger partial charge in [-0.05, 0) is 49.1 Å². The standard InChI is InChI=1S/C23H29BN2O3/c1-22(2)16-28-24(29-23(22,3)4)18-8-11-21-20(14-18)25-12-13-26(21)15-17-6-9-19(27-5)10-7-17/h6-12,14H,13,15-16H2,1-5H3. The first-order valence-corrected chi connectivity index (χ1v) is 10.1. The number of ether oxygens (including phenoxy) is 1. The fourth-order valence-electron chi connectivity index (χ4n) is 3.58. The highest BCUT2D eigenvalue weighted by molar-refractivity contribution is 6.61. The van der Waals surface area contributed by atoms with E-state index in [0.717, 1.165) is 35.7 Å². The normalized spacial score (nSPS) is 19.8. The minimum Gasteiger partial charge on any atom is -0.497 e. The highest BCUT2D eigenvalue weighted by Gasteiger charge is 2.47. The number of hydrogen-bond acceptors (Lipinski definition) is 5. The zero-order chi connectivity index (χ0) is 20.6. The van der Waals surface area contributed by atoms with Crippen molar-refractivity contribution < 1.29 is 14.0 Å². The SMILES string of the molecule is COc1ccc(CN2CC=Nc3cc(B4OCC(C)(C)C(C)(C)O4)ccc32)cc1. The Kier molecular flexibility index (Phi) is 5.17. The van der Waals surface area contributed by atoms with Crippen molar-refractivity contribution in [1.29, 1.82) is 0 Å². The molecule has 2 aliphatic rings. The number of hydrogen-bond donors (Lipinski definition) is 0. The number of rotatable bonds is 4. The molecule has 0 atom stereocenters. The molecule has 0 aliphatic carbocycles. The number of nitrogens with zero attached hydrogens (tertiary/aromatic N) is 2. The van der Waals surface area contributed by atoms with Crippen LogP contribution in [0.15, 0.2) is 47.5 Å². The third-order valence-electron chi connectivity index (χ3n) is 6.30. The molecule has 0 aromatic heterocycles. The van der Waals surface area contributed by atoms with Crippen LogP contribution in [0.4, 0.5) is 11.4 Å². The molecule has 0 radical (unpaired) electrons. The maximum Gasteiger partial charge on any atom is 0.494 e. The van der Waals surface area contributed by atoms with Gasteiger partial charge in [0.05, 0.1) is 30.6 Å². The summed E-state index contributed by atoms with van der Waals surface area (Å²) in [6.07, 6.45) is 1.96. The van der Waals surface area contributed by atoms with Crippen LogP contribution in [0.3, 0.4) is 0 Å². The molecule has 2 heterocycles. The van der Waals surface area contributed by atoms with E-state index in [0.29, 0.717) is 6.61 Å². The molecule has 152 valence electrons. The molecule has 1 saturated heterocycles. The van der Waals surface area contributed by atoms with Crippen LogP contribution in [0.1, 0.15) is 33.3 Å². The van der Waals surface area contributed by atoms with Gasteiger partial charge in [0.25, 0.3) is 0 Å². The average Bonchev–Trinajstić information content (AvgIpc) is 2.70. The van der Waals surface area contributed by atoms with Gasteiger partial charge in [0, 0.05) is 24.8 Å². The second kappa shape index (κ2) is 7.50. The summed E-state index contributed by atoms with van der Waals surface area (Å²) in [5.74, 6) is 0.873. The molecule has 29 heavy (non-hydrogen) atoms. The van der Waals surface area contributed by atoms with E-state index < -0.39 is 0 Å². The topological polar surface area (TPSA) is 43.3 Å². The van der Waals surface area contributed by atoms with Gasteiger partial charge in [-0.1, -0.05) is 32.0 Å². The third kappa shape index (κ3) is 3.92. The summed E-state index contributed by atoms with van der Waals surface area (Å²) in [7, 11) is 1.32. The first kappa shape index (κ1) is 20.0. The number of fused-ring (bicyclic) bond motifs is 1. The van der Waals surface area contributed by atoms with Crippen LogP contribution >= 0.6 is 0 Å². The first-order valence-electron chi connectivity index (χ1n) is 10.1. The van der Waals surface area contributed by atoms with E-state index in [9.17, 15) is 0 Å². The van der Waals surface area contributed by atoms with E-state index in [1.54, 1.807) is 7.11 Å². The van der Waals surface area contributed by atoms with Gasteiger partial charge in [0.2, 0.25) is 0 Å². The molecule has 4 rings (SSSR count). The molecule has 2 aromatic rings. The van der Waals surface area contributed by atoms with Crippen molar-refractivity contribution in [1.82, 2.24) is 0 Å². The van der Waals surface area contributed by atoms with Gasteiger partial charge in [-0.15, -0.1) is 0 Å². The Morgan fingerprint density at radius 2 is 1.86 bits per heavy atom. The van der Waals surface area contributed by atoms with Crippen LogP contribution in [-0.2, 0) is 15.9 Å². The Balaban J connectivity index is 1.53. The van der Waals surface area contributed by atoms with Crippen molar-refractivity contribution >= 4 is 30.2 Å². The van der Waals surface area contributed by atoms with Gasteiger partial charge >= 0.3 is 7.12 Å². The largest absolute Gasteiger partial charge is 0.497 e. The summed E-state index contributed by atoms with van der Waals surface area (Å²) in [4.78, 5) is 6.96. The second-order valence-corrected chi connectivity index (χ2v) is 8.94. The van der Waals surface area contributed by atoms with E-state index in [2.05, 4.69) is 67.9 Å². The zero-order valence-corrected chi connectivity index (χ0v) is 17.9. The van der Waals surface area contributed by atoms with Crippen molar-refractivity contribution in [3.63, 3.8) is 0 Å². The predicted molar refractivity (Wildman–Crippen MR) is 119 cm³/mol. The van der Waals surface area contributed by atoms with Crippen LogP contribution in [0.25, 0.3) is 0 Å². The van der Waals surface area contributed by atoms with Crippen LogP contribution in [0.2, 0.25) is 0 Å². The summed E-state index contributed by atoms with van der Waals surface area (Å²) in [5.41, 5.74) is 4.02. The molecule has 5 nitrogen and oxygen atoms in total. The lowest BCUT2D eigenvalue weighted by atomic mass is 9.69. The number of aliphatic imine (C=N–C) groups is 1. The quantitative estimate of drug-likeness (QED) is 0.739. The van der Waals surface area contributed by atoms with Gasteiger partial charge in [0.15, 0.2) is 0 Å². The molecular formula is C23H29BN2O3. The maximum absolute atomic E-state index is 6.31. The lowest BCUT2D eigenvalue weighted by Gasteiger charge is -2.47. The molecular weight excluding hydrogens is 363 g/mol. The summed E-state index contributed by atoms with van der Waals surface area (Å²) >= 11 is 0. The summed E-state index contributed by atoms with van der Waals surface area (Å²) in [5, 5.41) is 0. The molecule has 0 bridgehead atoms. The van der Waals surface area contributed by atoms with E-state index in [4.69, 9.17) is 14.0 Å². The van der Waals surface area contributed by atoms with Crippen LogP contribution < -0.4 is 15.1 Å². The second-order valence-electron chi connectivity index (χ2n) is 8.94. The Bertz CT molecular complexity index is 909. The molecule has 2 aliphatic heterocycles. The number of anilines is 1. The highest BCUT2D eigenvalue weighted by Crippen LogP contribution is 2.38. The highest BCUT2D eigenvalue weighted by atomic mass is 16.6. The lowest BCUT2D eigenvalue weighted by molar-refractivity contribution is -0.0937. The van der Waals surface area contributed by atoms with Crippen molar-refractivity contribution in [2.45, 2.75) is 39.8 Å². The average molecular weight is 392 g/mol. The summed E-state index contributed by atoms with van der Waals surface area (Å²) in [6.45, 7) is 10.9. The first-order chi connectivity index (χ1) is 13.8. The molecule has 0 amide bonds. The zero-order valence-electron chi connectivity index (χ0n) is 17.9. The summed E-state index contributed by atoms with van der Waals surface area (Å²) < 4.78 is 17.6. The third-order valence-corrected chi connectivity index (χ3v) is 6.30. The van der Waals surface area contributed by atoms with Gasteiger partial charge in [-0.2, -0.15) is 0 Å².